The summed E-state index contributed by atoms with van der Waals surface area (Å²) >= 11 is 0. The lowest BCUT2D eigenvalue weighted by Crippen LogP contribution is -2.35. The normalized spacial score (nSPS) is 14.7. The van der Waals surface area contributed by atoms with Crippen molar-refractivity contribution in [1.29, 1.82) is 5.26 Å². The Morgan fingerprint density at radius 2 is 2.26 bits per heavy atom. The molecule has 1 unspecified atom stereocenters. The molecule has 2 aromatic heterocycles. The van der Waals surface area contributed by atoms with Crippen molar-refractivity contribution in [3.63, 3.8) is 0 Å². The Morgan fingerprint density at radius 1 is 1.48 bits per heavy atom. The minimum atomic E-state index is -1.19. The fourth-order valence-electron chi connectivity index (χ4n) is 3.26. The summed E-state index contributed by atoms with van der Waals surface area (Å²) in [6.45, 7) is 1.79. The summed E-state index contributed by atoms with van der Waals surface area (Å²) in [5, 5.41) is 28.2. The fraction of sp³-hybridized carbons (Fsp3) is 0.278. The summed E-state index contributed by atoms with van der Waals surface area (Å²) in [6, 6.07) is 6.21. The zero-order valence-electron chi connectivity index (χ0n) is 14.4. The van der Waals surface area contributed by atoms with E-state index < -0.39 is 12.1 Å². The van der Waals surface area contributed by atoms with Crippen LogP contribution in [0.5, 0.6) is 0 Å². The van der Waals surface area contributed by atoms with Gasteiger partial charge in [-0.25, -0.2) is 14.3 Å². The molecule has 0 spiro atoms. The lowest BCUT2D eigenvalue weighted by atomic mass is 10.1. The molecule has 0 radical (unpaired) electrons. The zero-order chi connectivity index (χ0) is 19.1. The molecule has 1 aliphatic rings. The van der Waals surface area contributed by atoms with E-state index in [0.29, 0.717) is 5.82 Å². The van der Waals surface area contributed by atoms with E-state index in [9.17, 15) is 20.0 Å². The maximum absolute atomic E-state index is 13.3. The lowest BCUT2D eigenvalue weighted by Gasteiger charge is -2.21. The van der Waals surface area contributed by atoms with E-state index in [2.05, 4.69) is 20.5 Å². The van der Waals surface area contributed by atoms with Gasteiger partial charge in [0.1, 0.15) is 17.7 Å². The van der Waals surface area contributed by atoms with Crippen molar-refractivity contribution in [2.24, 2.45) is 5.92 Å². The van der Waals surface area contributed by atoms with Gasteiger partial charge in [0, 0.05) is 5.56 Å². The third-order valence-electron chi connectivity index (χ3n) is 4.72. The molecule has 9 heteroatoms. The van der Waals surface area contributed by atoms with Crippen LogP contribution in [0.1, 0.15) is 35.8 Å². The number of rotatable bonds is 4. The van der Waals surface area contributed by atoms with Crippen LogP contribution in [-0.4, -0.2) is 30.9 Å². The molecule has 3 N–H and O–H groups in total. The van der Waals surface area contributed by atoms with Crippen LogP contribution in [0.25, 0.3) is 16.7 Å². The van der Waals surface area contributed by atoms with Gasteiger partial charge in [-0.1, -0.05) is 6.07 Å². The Labute approximate surface area is 153 Å². The van der Waals surface area contributed by atoms with Gasteiger partial charge in [-0.2, -0.15) is 10.4 Å². The predicted molar refractivity (Wildman–Crippen MR) is 95.6 cm³/mol. The van der Waals surface area contributed by atoms with E-state index >= 15 is 0 Å². The average molecular weight is 364 g/mol. The maximum atomic E-state index is 13.3. The second kappa shape index (κ2) is 6.25. The number of hydrogen-bond acceptors (Lipinski definition) is 5. The van der Waals surface area contributed by atoms with Crippen LogP contribution < -0.4 is 10.9 Å². The van der Waals surface area contributed by atoms with Gasteiger partial charge in [0.05, 0.1) is 28.7 Å². The van der Waals surface area contributed by atoms with Crippen LogP contribution in [0, 0.1) is 24.2 Å². The highest BCUT2D eigenvalue weighted by molar-refractivity contribution is 5.83. The number of hydrogen-bond donors (Lipinski definition) is 3. The van der Waals surface area contributed by atoms with Crippen molar-refractivity contribution in [3.8, 4) is 11.9 Å². The molecular formula is C18H16N6O3. The molecule has 0 aliphatic heterocycles. The number of fused-ring (bicyclic) bond motifs is 1. The van der Waals surface area contributed by atoms with Crippen LogP contribution in [0.15, 0.2) is 29.2 Å². The Balaban J connectivity index is 2.08. The number of aromatic nitrogens is 4. The van der Waals surface area contributed by atoms with Gasteiger partial charge >= 0.3 is 6.09 Å². The van der Waals surface area contributed by atoms with E-state index in [4.69, 9.17) is 0 Å². The van der Waals surface area contributed by atoms with E-state index in [1.54, 1.807) is 31.3 Å². The number of H-pyrrole nitrogens is 1. The van der Waals surface area contributed by atoms with Gasteiger partial charge in [0.2, 0.25) is 0 Å². The van der Waals surface area contributed by atoms with Crippen molar-refractivity contribution in [3.05, 3.63) is 51.7 Å². The Bertz CT molecular complexity index is 1150. The minimum absolute atomic E-state index is 0.0502. The van der Waals surface area contributed by atoms with Crippen LogP contribution in [0.4, 0.5) is 4.79 Å². The summed E-state index contributed by atoms with van der Waals surface area (Å²) in [5.74, 6) is 0.742. The summed E-state index contributed by atoms with van der Waals surface area (Å²) in [4.78, 5) is 29.2. The molecule has 1 amide bonds. The van der Waals surface area contributed by atoms with Crippen molar-refractivity contribution in [2.75, 3.05) is 0 Å². The van der Waals surface area contributed by atoms with Gasteiger partial charge in [-0.3, -0.25) is 9.89 Å². The summed E-state index contributed by atoms with van der Waals surface area (Å²) < 4.78 is 1.37. The van der Waals surface area contributed by atoms with Crippen molar-refractivity contribution >= 4 is 17.0 Å². The number of carboxylic acid groups (broad SMARTS) is 1. The minimum Gasteiger partial charge on any atom is -0.465 e. The summed E-state index contributed by atoms with van der Waals surface area (Å²) in [5.41, 5.74) is 0.883. The first kappa shape index (κ1) is 16.8. The molecular weight excluding hydrogens is 348 g/mol. The van der Waals surface area contributed by atoms with Crippen LogP contribution >= 0.6 is 0 Å². The van der Waals surface area contributed by atoms with E-state index in [1.165, 1.54) is 4.57 Å². The highest BCUT2D eigenvalue weighted by Crippen LogP contribution is 2.41. The van der Waals surface area contributed by atoms with Crippen molar-refractivity contribution < 1.29 is 9.90 Å². The molecule has 0 saturated heterocycles. The van der Waals surface area contributed by atoms with Gasteiger partial charge in [-0.05, 0) is 37.8 Å². The maximum Gasteiger partial charge on any atom is 0.405 e. The Morgan fingerprint density at radius 3 is 2.85 bits per heavy atom. The molecule has 1 saturated carbocycles. The van der Waals surface area contributed by atoms with E-state index in [1.807, 2.05) is 6.07 Å². The summed E-state index contributed by atoms with van der Waals surface area (Å²) in [6.07, 6.45) is 2.06. The highest BCUT2D eigenvalue weighted by Gasteiger charge is 2.37. The molecule has 4 rings (SSSR count). The van der Waals surface area contributed by atoms with E-state index in [-0.39, 0.29) is 33.8 Å². The third kappa shape index (κ3) is 2.81. The molecule has 2 heterocycles. The van der Waals surface area contributed by atoms with Gasteiger partial charge in [-0.15, -0.1) is 0 Å². The largest absolute Gasteiger partial charge is 0.465 e. The molecule has 27 heavy (non-hydrogen) atoms. The fourth-order valence-corrected chi connectivity index (χ4v) is 3.26. The van der Waals surface area contributed by atoms with Crippen LogP contribution in [0.3, 0.4) is 0 Å². The number of benzene rings is 1. The molecule has 136 valence electrons. The van der Waals surface area contributed by atoms with Crippen LogP contribution in [-0.2, 0) is 0 Å². The summed E-state index contributed by atoms with van der Waals surface area (Å²) in [7, 11) is 0. The zero-order valence-corrected chi connectivity index (χ0v) is 14.4. The van der Waals surface area contributed by atoms with Crippen LogP contribution in [0.2, 0.25) is 0 Å². The highest BCUT2D eigenvalue weighted by atomic mass is 16.4. The van der Waals surface area contributed by atoms with Crippen molar-refractivity contribution in [2.45, 2.75) is 25.8 Å². The average Bonchev–Trinajstić information content (AvgIpc) is 3.41. The second-order valence-corrected chi connectivity index (χ2v) is 6.59. The number of nitrogens with one attached hydrogen (secondary N) is 2. The van der Waals surface area contributed by atoms with Gasteiger partial charge in [0.15, 0.2) is 0 Å². The number of carbonyl (C=O) groups is 1. The first-order chi connectivity index (χ1) is 13.0. The topological polar surface area (TPSA) is 137 Å². The lowest BCUT2D eigenvalue weighted by molar-refractivity contribution is 0.187. The Kier molecular flexibility index (Phi) is 3.88. The number of aryl methyl sites for hydroxylation is 1. The monoisotopic (exact) mass is 364 g/mol. The molecule has 3 aromatic rings. The van der Waals surface area contributed by atoms with Gasteiger partial charge in [0.25, 0.3) is 5.56 Å². The smallest absolute Gasteiger partial charge is 0.405 e. The molecule has 1 atom stereocenters. The first-order valence-corrected chi connectivity index (χ1v) is 8.47. The quantitative estimate of drug-likeness (QED) is 0.647. The number of nitrogens with zero attached hydrogens (tertiary/aromatic N) is 4. The Hall–Kier alpha value is -3.67. The number of aromatic amines is 1. The number of para-hydroxylation sites is 1. The van der Waals surface area contributed by atoms with E-state index in [0.717, 1.165) is 18.4 Å². The molecule has 1 fully saturated rings. The first-order valence-electron chi connectivity index (χ1n) is 8.47. The molecule has 9 nitrogen and oxygen atoms in total. The van der Waals surface area contributed by atoms with Crippen molar-refractivity contribution in [1.82, 2.24) is 25.1 Å². The second-order valence-electron chi connectivity index (χ2n) is 6.59. The standard InChI is InChI=1S/C18H16N6O3/c1-9-8-20-23-15(9)24-16(14(10-5-6-10)22-18(26)27)21-13-11(7-19)3-2-4-12(13)17(24)25/h2-4,8,10,14,22H,5-6H2,1H3,(H,20,23)(H,26,27). The molecule has 1 aromatic carbocycles. The molecule has 1 aliphatic carbocycles. The SMILES string of the molecule is Cc1cn[nH]c1-n1c(C(NC(=O)O)C2CC2)nc2c(C#N)cccc2c1=O. The molecule has 0 bridgehead atoms. The van der Waals surface area contributed by atoms with Gasteiger partial charge < -0.3 is 10.4 Å². The third-order valence-corrected chi connectivity index (χ3v) is 4.72. The predicted octanol–water partition coefficient (Wildman–Crippen LogP) is 2.01. The number of nitriles is 1. The number of amides is 1.